The van der Waals surface area contributed by atoms with E-state index in [1.54, 1.807) is 6.08 Å². The minimum atomic E-state index is -0.291. The van der Waals surface area contributed by atoms with Gasteiger partial charge in [-0.15, -0.1) is 0 Å². The molecule has 3 rings (SSSR count). The van der Waals surface area contributed by atoms with Gasteiger partial charge in [-0.2, -0.15) is 0 Å². The average Bonchev–Trinajstić information content (AvgIpc) is 2.58. The lowest BCUT2D eigenvalue weighted by molar-refractivity contribution is -0.122. The van der Waals surface area contributed by atoms with Crippen LogP contribution in [0.5, 0.6) is 0 Å². The van der Waals surface area contributed by atoms with E-state index in [0.717, 1.165) is 24.8 Å². The molecule has 0 heterocycles. The standard InChI is InChI=1S/C14H20O3/c1-13-5-9(16)6-14(13,2)11-4-10(13)8(7-15)3-12(11)17/h3,9-11,15-16H,4-7H2,1-2H3/t9-,10+,11-,13+,14-/m1/s1. The fraction of sp³-hybridized carbons (Fsp3) is 0.786. The second kappa shape index (κ2) is 3.21. The number of hydrogen-bond acceptors (Lipinski definition) is 3. The van der Waals surface area contributed by atoms with E-state index in [1.807, 2.05) is 0 Å². The number of aliphatic hydroxyl groups excluding tert-OH is 2. The highest BCUT2D eigenvalue weighted by Gasteiger charge is 2.67. The van der Waals surface area contributed by atoms with Crippen LogP contribution in [0.3, 0.4) is 0 Å². The first kappa shape index (κ1) is 11.4. The summed E-state index contributed by atoms with van der Waals surface area (Å²) in [5.74, 6) is 0.480. The van der Waals surface area contributed by atoms with Crippen molar-refractivity contribution in [3.05, 3.63) is 11.6 Å². The predicted octanol–water partition coefficient (Wildman–Crippen LogP) is 1.29. The van der Waals surface area contributed by atoms with Crippen LogP contribution in [0.2, 0.25) is 0 Å². The third-order valence-corrected chi connectivity index (χ3v) is 5.93. The summed E-state index contributed by atoms with van der Waals surface area (Å²) in [5.41, 5.74) is 0.755. The summed E-state index contributed by atoms with van der Waals surface area (Å²) in [6, 6.07) is 0. The van der Waals surface area contributed by atoms with Crippen molar-refractivity contribution >= 4 is 5.78 Å². The van der Waals surface area contributed by atoms with Gasteiger partial charge in [-0.1, -0.05) is 13.8 Å². The van der Waals surface area contributed by atoms with Crippen molar-refractivity contribution < 1.29 is 15.0 Å². The maximum atomic E-state index is 12.1. The summed E-state index contributed by atoms with van der Waals surface area (Å²) in [6.45, 7) is 4.32. The topological polar surface area (TPSA) is 57.5 Å². The van der Waals surface area contributed by atoms with E-state index in [0.29, 0.717) is 0 Å². The normalized spacial score (nSPS) is 52.6. The summed E-state index contributed by atoms with van der Waals surface area (Å²) >= 11 is 0. The molecule has 94 valence electrons. The van der Waals surface area contributed by atoms with Crippen LogP contribution in [0.1, 0.15) is 33.1 Å². The van der Waals surface area contributed by atoms with Gasteiger partial charge in [0, 0.05) is 5.92 Å². The zero-order valence-electron chi connectivity index (χ0n) is 10.4. The highest BCUT2D eigenvalue weighted by atomic mass is 16.3. The molecule has 3 aliphatic rings. The summed E-state index contributed by atoms with van der Waals surface area (Å²) in [7, 11) is 0. The van der Waals surface area contributed by atoms with Crippen molar-refractivity contribution in [2.45, 2.75) is 39.2 Å². The first-order valence-corrected chi connectivity index (χ1v) is 6.45. The van der Waals surface area contributed by atoms with Crippen molar-refractivity contribution in [2.75, 3.05) is 6.61 Å². The molecule has 17 heavy (non-hydrogen) atoms. The van der Waals surface area contributed by atoms with E-state index in [4.69, 9.17) is 0 Å². The van der Waals surface area contributed by atoms with Crippen LogP contribution in [0.15, 0.2) is 11.6 Å². The monoisotopic (exact) mass is 236 g/mol. The Bertz CT molecular complexity index is 414. The van der Waals surface area contributed by atoms with Crippen LogP contribution in [0.25, 0.3) is 0 Å². The van der Waals surface area contributed by atoms with Gasteiger partial charge in [0.1, 0.15) is 0 Å². The van der Waals surface area contributed by atoms with Crippen molar-refractivity contribution in [3.63, 3.8) is 0 Å². The largest absolute Gasteiger partial charge is 0.393 e. The quantitative estimate of drug-likeness (QED) is 0.721. The molecule has 3 aliphatic carbocycles. The van der Waals surface area contributed by atoms with Crippen molar-refractivity contribution in [3.8, 4) is 0 Å². The molecular weight excluding hydrogens is 216 g/mol. The van der Waals surface area contributed by atoms with Gasteiger partial charge in [0.15, 0.2) is 5.78 Å². The number of aliphatic hydroxyl groups is 2. The van der Waals surface area contributed by atoms with E-state index in [9.17, 15) is 15.0 Å². The van der Waals surface area contributed by atoms with Crippen LogP contribution >= 0.6 is 0 Å². The van der Waals surface area contributed by atoms with Gasteiger partial charge in [0.25, 0.3) is 0 Å². The van der Waals surface area contributed by atoms with Gasteiger partial charge in [0.2, 0.25) is 0 Å². The molecule has 0 spiro atoms. The smallest absolute Gasteiger partial charge is 0.159 e. The molecular formula is C14H20O3. The Kier molecular flexibility index (Phi) is 2.15. The van der Waals surface area contributed by atoms with E-state index < -0.39 is 0 Å². The molecule has 5 atom stereocenters. The molecule has 3 nitrogen and oxygen atoms in total. The molecule has 2 N–H and O–H groups in total. The molecule has 0 aromatic heterocycles. The molecule has 0 aliphatic heterocycles. The van der Waals surface area contributed by atoms with Crippen molar-refractivity contribution in [1.29, 1.82) is 0 Å². The number of rotatable bonds is 1. The van der Waals surface area contributed by atoms with E-state index in [-0.39, 0.29) is 41.2 Å². The first-order chi connectivity index (χ1) is 7.92. The summed E-state index contributed by atoms with van der Waals surface area (Å²) in [4.78, 5) is 12.1. The van der Waals surface area contributed by atoms with E-state index in [1.165, 1.54) is 0 Å². The fourth-order valence-electron chi connectivity index (χ4n) is 4.88. The Hall–Kier alpha value is -0.670. The van der Waals surface area contributed by atoms with Crippen LogP contribution < -0.4 is 0 Å². The maximum absolute atomic E-state index is 12.1. The van der Waals surface area contributed by atoms with Gasteiger partial charge in [-0.3, -0.25) is 4.79 Å². The molecule has 0 aromatic carbocycles. The molecule has 0 radical (unpaired) electrons. The van der Waals surface area contributed by atoms with Gasteiger partial charge in [0.05, 0.1) is 12.7 Å². The van der Waals surface area contributed by atoms with E-state index in [2.05, 4.69) is 13.8 Å². The summed E-state index contributed by atoms with van der Waals surface area (Å²) in [5, 5.41) is 19.4. The zero-order chi connectivity index (χ0) is 12.4. The van der Waals surface area contributed by atoms with Gasteiger partial charge in [-0.05, 0) is 47.7 Å². The number of hydrogen-bond donors (Lipinski definition) is 2. The Morgan fingerprint density at radius 1 is 1.29 bits per heavy atom. The lowest BCUT2D eigenvalue weighted by Crippen LogP contribution is -2.35. The molecule has 0 saturated heterocycles. The predicted molar refractivity (Wildman–Crippen MR) is 63.2 cm³/mol. The van der Waals surface area contributed by atoms with Crippen molar-refractivity contribution in [2.24, 2.45) is 22.7 Å². The molecule has 2 bridgehead atoms. The molecule has 0 amide bonds. The molecule has 0 unspecified atom stereocenters. The van der Waals surface area contributed by atoms with Gasteiger partial charge < -0.3 is 10.2 Å². The molecule has 0 aromatic rings. The zero-order valence-corrected chi connectivity index (χ0v) is 10.4. The SMILES string of the molecule is C[C@@]12C[C@@H](O)C[C@]1(C)[C@@H]1C[C@H]2C(CO)=CC1=O. The Labute approximate surface area is 102 Å². The van der Waals surface area contributed by atoms with Crippen LogP contribution in [-0.4, -0.2) is 28.7 Å². The minimum Gasteiger partial charge on any atom is -0.393 e. The third kappa shape index (κ3) is 1.17. The minimum absolute atomic E-state index is 0.0229. The first-order valence-electron chi connectivity index (χ1n) is 6.45. The molecule has 3 heteroatoms. The Balaban J connectivity index is 2.12. The lowest BCUT2D eigenvalue weighted by atomic mass is 9.64. The average molecular weight is 236 g/mol. The number of allylic oxidation sites excluding steroid dienone is 1. The van der Waals surface area contributed by atoms with Crippen LogP contribution in [0, 0.1) is 22.7 Å². The Morgan fingerprint density at radius 2 is 1.88 bits per heavy atom. The molecule has 2 saturated carbocycles. The number of ketones is 1. The van der Waals surface area contributed by atoms with Gasteiger partial charge >= 0.3 is 0 Å². The summed E-state index contributed by atoms with van der Waals surface area (Å²) < 4.78 is 0. The number of fused-ring (bicyclic) bond motifs is 5. The number of carbonyl (C=O) groups excluding carboxylic acids is 1. The third-order valence-electron chi connectivity index (χ3n) is 5.93. The van der Waals surface area contributed by atoms with Crippen LogP contribution in [0.4, 0.5) is 0 Å². The fourth-order valence-corrected chi connectivity index (χ4v) is 4.88. The van der Waals surface area contributed by atoms with Crippen LogP contribution in [-0.2, 0) is 4.79 Å². The Morgan fingerprint density at radius 3 is 2.47 bits per heavy atom. The second-order valence-corrected chi connectivity index (χ2v) is 6.52. The second-order valence-electron chi connectivity index (χ2n) is 6.52. The van der Waals surface area contributed by atoms with Gasteiger partial charge in [-0.25, -0.2) is 0 Å². The number of carbonyl (C=O) groups is 1. The summed E-state index contributed by atoms with van der Waals surface area (Å²) in [6.07, 6.45) is 3.73. The highest BCUT2D eigenvalue weighted by Crippen LogP contribution is 2.70. The maximum Gasteiger partial charge on any atom is 0.159 e. The van der Waals surface area contributed by atoms with E-state index >= 15 is 0 Å². The molecule has 2 fully saturated rings. The van der Waals surface area contributed by atoms with Crippen molar-refractivity contribution in [1.82, 2.24) is 0 Å². The highest BCUT2D eigenvalue weighted by molar-refractivity contribution is 5.95. The lowest BCUT2D eigenvalue weighted by Gasteiger charge is -2.39.